The molecule has 0 aliphatic carbocycles. The molecule has 0 radical (unpaired) electrons. The summed E-state index contributed by atoms with van der Waals surface area (Å²) < 4.78 is 24.5. The van der Waals surface area contributed by atoms with Crippen LogP contribution in [0.1, 0.15) is 30.9 Å². The number of aliphatic hydroxyl groups is 1. The van der Waals surface area contributed by atoms with E-state index in [4.69, 9.17) is 14.6 Å². The molecule has 32 heavy (non-hydrogen) atoms. The van der Waals surface area contributed by atoms with Crippen molar-refractivity contribution >= 4 is 11.8 Å². The van der Waals surface area contributed by atoms with Crippen LogP contribution in [0.5, 0.6) is 5.75 Å². The molecule has 0 bridgehead atoms. The minimum Gasteiger partial charge on any atom is -0.494 e. The van der Waals surface area contributed by atoms with Gasteiger partial charge in [0.2, 0.25) is 5.90 Å². The van der Waals surface area contributed by atoms with Crippen molar-refractivity contribution in [2.75, 3.05) is 13.2 Å². The Morgan fingerprint density at radius 2 is 2.00 bits per heavy atom. The predicted octanol–water partition coefficient (Wildman–Crippen LogP) is 2.89. The Kier molecular flexibility index (Phi) is 7.97. The minimum absolute atomic E-state index is 0.0762. The molecule has 7 nitrogen and oxygen atoms in total. The van der Waals surface area contributed by atoms with Gasteiger partial charge >= 0.3 is 0 Å². The first-order valence-electron chi connectivity index (χ1n) is 10.5. The van der Waals surface area contributed by atoms with Crippen molar-refractivity contribution in [3.63, 3.8) is 0 Å². The highest BCUT2D eigenvalue weighted by Crippen LogP contribution is 2.32. The molecular weight excluding hydrogens is 413 g/mol. The lowest BCUT2D eigenvalue weighted by molar-refractivity contribution is -0.129. The summed E-state index contributed by atoms with van der Waals surface area (Å²) in [5.74, 6) is 0.390. The number of aliphatic hydroxyl groups excluding tert-OH is 1. The Hall–Kier alpha value is -3.23. The summed E-state index contributed by atoms with van der Waals surface area (Å²) in [7, 11) is 0. The van der Waals surface area contributed by atoms with E-state index in [2.05, 4.69) is 22.4 Å². The normalized spacial score (nSPS) is 19.7. The summed E-state index contributed by atoms with van der Waals surface area (Å²) >= 11 is 0. The van der Waals surface area contributed by atoms with Crippen molar-refractivity contribution in [2.45, 2.75) is 38.0 Å². The van der Waals surface area contributed by atoms with Gasteiger partial charge in [-0.25, -0.2) is 14.8 Å². The molecule has 1 heterocycles. The molecular formula is C24H28FN3O4. The fourth-order valence-electron chi connectivity index (χ4n) is 3.34. The third kappa shape index (κ3) is 5.52. The number of hydrogen-bond acceptors (Lipinski definition) is 6. The van der Waals surface area contributed by atoms with Gasteiger partial charge in [-0.2, -0.15) is 0 Å². The number of carbonyl (C=O) groups is 1. The molecule has 170 valence electrons. The zero-order valence-electron chi connectivity index (χ0n) is 18.0. The smallest absolute Gasteiger partial charge is 0.266 e. The quantitative estimate of drug-likeness (QED) is 0.283. The van der Waals surface area contributed by atoms with Crippen LogP contribution in [0, 0.1) is 5.82 Å². The average Bonchev–Trinajstić information content (AvgIpc) is 3.13. The average molecular weight is 442 g/mol. The maximum absolute atomic E-state index is 13.1. The Morgan fingerprint density at radius 3 is 2.66 bits per heavy atom. The van der Waals surface area contributed by atoms with E-state index in [0.29, 0.717) is 37.6 Å². The van der Waals surface area contributed by atoms with Crippen molar-refractivity contribution in [1.29, 1.82) is 0 Å². The van der Waals surface area contributed by atoms with E-state index in [1.54, 1.807) is 37.3 Å². The van der Waals surface area contributed by atoms with Gasteiger partial charge in [0.25, 0.3) is 5.91 Å². The molecule has 2 atom stereocenters. The summed E-state index contributed by atoms with van der Waals surface area (Å²) in [6, 6.07) is 13.2. The monoisotopic (exact) mass is 441 g/mol. The van der Waals surface area contributed by atoms with Crippen molar-refractivity contribution in [3.05, 3.63) is 78.1 Å². The van der Waals surface area contributed by atoms with Gasteiger partial charge in [0.15, 0.2) is 5.54 Å². The molecule has 2 aromatic rings. The molecule has 0 unspecified atom stereocenters. The highest BCUT2D eigenvalue weighted by molar-refractivity contribution is 6.00. The first kappa shape index (κ1) is 23.4. The van der Waals surface area contributed by atoms with Gasteiger partial charge in [-0.1, -0.05) is 18.2 Å². The molecule has 1 amide bonds. The summed E-state index contributed by atoms with van der Waals surface area (Å²) in [6.45, 7) is 6.41. The van der Waals surface area contributed by atoms with E-state index in [-0.39, 0.29) is 18.3 Å². The first-order chi connectivity index (χ1) is 15.5. The first-order valence-corrected chi connectivity index (χ1v) is 10.5. The minimum atomic E-state index is -1.16. The molecule has 2 aromatic carbocycles. The molecule has 0 saturated carbocycles. The number of nitrogens with zero attached hydrogens (tertiary/aromatic N) is 1. The second-order valence-corrected chi connectivity index (χ2v) is 7.48. The SMILES string of the molecule is C=CC[C@]1(C(=O)NNCc2ccc(F)cc2)N=C(c2ccc(OCCCO)cc2)O[C@H]1C. The van der Waals surface area contributed by atoms with Crippen LogP contribution in [-0.4, -0.2) is 41.8 Å². The van der Waals surface area contributed by atoms with Gasteiger partial charge in [0.1, 0.15) is 17.7 Å². The lowest BCUT2D eigenvalue weighted by Gasteiger charge is -2.26. The van der Waals surface area contributed by atoms with Crippen molar-refractivity contribution in [3.8, 4) is 5.75 Å². The van der Waals surface area contributed by atoms with Crippen LogP contribution in [0.3, 0.4) is 0 Å². The molecule has 0 spiro atoms. The topological polar surface area (TPSA) is 92.2 Å². The Labute approximate surface area is 186 Å². The highest BCUT2D eigenvalue weighted by atomic mass is 19.1. The van der Waals surface area contributed by atoms with E-state index in [0.717, 1.165) is 11.1 Å². The van der Waals surface area contributed by atoms with Crippen LogP contribution < -0.4 is 15.6 Å². The summed E-state index contributed by atoms with van der Waals surface area (Å²) in [5.41, 5.74) is 5.96. The number of benzene rings is 2. The fraction of sp³-hybridized carbons (Fsp3) is 0.333. The molecule has 3 rings (SSSR count). The van der Waals surface area contributed by atoms with Crippen molar-refractivity contribution < 1.29 is 23.8 Å². The number of rotatable bonds is 11. The van der Waals surface area contributed by atoms with Gasteiger partial charge in [-0.3, -0.25) is 10.2 Å². The maximum Gasteiger partial charge on any atom is 0.266 e. The van der Waals surface area contributed by atoms with E-state index >= 15 is 0 Å². The molecule has 1 aliphatic rings. The number of halogens is 1. The molecule has 0 aromatic heterocycles. The fourth-order valence-corrected chi connectivity index (χ4v) is 3.34. The van der Waals surface area contributed by atoms with E-state index in [1.165, 1.54) is 12.1 Å². The van der Waals surface area contributed by atoms with Gasteiger partial charge < -0.3 is 14.6 Å². The van der Waals surface area contributed by atoms with Crippen molar-refractivity contribution in [1.82, 2.24) is 10.9 Å². The number of hydrazine groups is 1. The molecule has 8 heteroatoms. The van der Waals surface area contributed by atoms with Crippen LogP contribution in [0.15, 0.2) is 66.2 Å². The largest absolute Gasteiger partial charge is 0.494 e. The molecule has 1 aliphatic heterocycles. The second kappa shape index (κ2) is 10.9. The zero-order chi connectivity index (χ0) is 23.0. The van der Waals surface area contributed by atoms with Crippen LogP contribution in [-0.2, 0) is 16.1 Å². The van der Waals surface area contributed by atoms with Gasteiger partial charge in [-0.05, 0) is 48.9 Å². The summed E-state index contributed by atoms with van der Waals surface area (Å²) in [4.78, 5) is 17.7. The zero-order valence-corrected chi connectivity index (χ0v) is 18.0. The third-order valence-corrected chi connectivity index (χ3v) is 5.19. The van der Waals surface area contributed by atoms with Gasteiger partial charge in [0, 0.05) is 31.6 Å². The Bertz CT molecular complexity index is 947. The number of hydrogen-bond donors (Lipinski definition) is 3. The number of nitrogens with one attached hydrogen (secondary N) is 2. The highest BCUT2D eigenvalue weighted by Gasteiger charge is 2.49. The molecule has 0 fully saturated rings. The van der Waals surface area contributed by atoms with Crippen LogP contribution >= 0.6 is 0 Å². The lowest BCUT2D eigenvalue weighted by Crippen LogP contribution is -2.54. The lowest BCUT2D eigenvalue weighted by atomic mass is 9.90. The standard InChI is InChI=1S/C24H28FN3O4/c1-3-13-24(23(30)28-26-16-18-5-9-20(25)10-6-18)17(2)32-22(27-24)19-7-11-21(12-8-19)31-15-4-14-29/h3,5-12,17,26,29H,1,4,13-16H2,2H3,(H,28,30)/t17-,24-/m0/s1. The Balaban J connectivity index is 1.69. The van der Waals surface area contributed by atoms with E-state index in [1.807, 2.05) is 12.1 Å². The van der Waals surface area contributed by atoms with Gasteiger partial charge in [-0.15, -0.1) is 6.58 Å². The van der Waals surface area contributed by atoms with Crippen LogP contribution in [0.25, 0.3) is 0 Å². The predicted molar refractivity (Wildman–Crippen MR) is 120 cm³/mol. The van der Waals surface area contributed by atoms with Crippen LogP contribution in [0.2, 0.25) is 0 Å². The van der Waals surface area contributed by atoms with Crippen molar-refractivity contribution in [2.24, 2.45) is 4.99 Å². The second-order valence-electron chi connectivity index (χ2n) is 7.48. The number of ether oxygens (including phenoxy) is 2. The third-order valence-electron chi connectivity index (χ3n) is 5.19. The maximum atomic E-state index is 13.1. The van der Waals surface area contributed by atoms with Crippen LogP contribution in [0.4, 0.5) is 4.39 Å². The number of aliphatic imine (C=N–C) groups is 1. The summed E-state index contributed by atoms with van der Waals surface area (Å²) in [5, 5.41) is 8.85. The summed E-state index contributed by atoms with van der Waals surface area (Å²) in [6.07, 6.45) is 1.99. The van der Waals surface area contributed by atoms with E-state index < -0.39 is 11.6 Å². The molecule has 3 N–H and O–H groups in total. The number of amides is 1. The van der Waals surface area contributed by atoms with E-state index in [9.17, 15) is 9.18 Å². The number of carbonyl (C=O) groups excluding carboxylic acids is 1. The van der Waals surface area contributed by atoms with Gasteiger partial charge in [0.05, 0.1) is 6.61 Å². The molecule has 0 saturated heterocycles. The Morgan fingerprint density at radius 1 is 1.28 bits per heavy atom.